The van der Waals surface area contributed by atoms with Crippen LogP contribution in [0.25, 0.3) is 0 Å². The highest BCUT2D eigenvalue weighted by molar-refractivity contribution is 5.95. The van der Waals surface area contributed by atoms with Gasteiger partial charge < -0.3 is 11.1 Å². The first-order valence-corrected chi connectivity index (χ1v) is 7.13. The maximum absolute atomic E-state index is 13.6. The molecule has 0 atom stereocenters. The third-order valence-electron chi connectivity index (χ3n) is 3.77. The molecule has 2 rings (SSSR count). The number of carbonyl (C=O) groups is 1. The number of amides is 1. The molecule has 0 aliphatic heterocycles. The Morgan fingerprint density at radius 3 is 2.30 bits per heavy atom. The van der Waals surface area contributed by atoms with Gasteiger partial charge in [-0.3, -0.25) is 4.79 Å². The molecule has 0 bridgehead atoms. The van der Waals surface area contributed by atoms with Crippen LogP contribution in [0.5, 0.6) is 0 Å². The number of carbonyl (C=O) groups excluding carboxylic acids is 1. The van der Waals surface area contributed by atoms with E-state index in [1.807, 2.05) is 0 Å². The zero-order valence-corrected chi connectivity index (χ0v) is 11.4. The largest absolute Gasteiger partial charge is 0.396 e. The van der Waals surface area contributed by atoms with E-state index in [4.69, 9.17) is 5.73 Å². The second kappa shape index (κ2) is 6.68. The molecule has 1 aliphatic rings. The molecule has 0 saturated heterocycles. The predicted octanol–water partition coefficient (Wildman–Crippen LogP) is 3.39. The number of nitrogens with one attached hydrogen (secondary N) is 1. The number of hydrogen-bond donors (Lipinski definition) is 2. The number of anilines is 1. The van der Waals surface area contributed by atoms with Gasteiger partial charge >= 0.3 is 0 Å². The molecular weight excluding hydrogens is 262 g/mol. The SMILES string of the molecule is Nc1cc(C(=O)NC2CCCCCCC2)c(F)cc1F. The Labute approximate surface area is 117 Å². The van der Waals surface area contributed by atoms with Crippen LogP contribution in [-0.4, -0.2) is 11.9 Å². The summed E-state index contributed by atoms with van der Waals surface area (Å²) in [5.74, 6) is -2.23. The molecule has 0 unspecified atom stereocenters. The van der Waals surface area contributed by atoms with E-state index in [1.165, 1.54) is 19.3 Å². The summed E-state index contributed by atoms with van der Waals surface area (Å²) in [5, 5.41) is 2.83. The van der Waals surface area contributed by atoms with Crippen molar-refractivity contribution in [3.05, 3.63) is 29.3 Å². The van der Waals surface area contributed by atoms with Gasteiger partial charge in [-0.25, -0.2) is 8.78 Å². The fourth-order valence-electron chi connectivity index (χ4n) is 2.60. The highest BCUT2D eigenvalue weighted by atomic mass is 19.1. The zero-order valence-electron chi connectivity index (χ0n) is 11.4. The number of nitrogens with two attached hydrogens (primary N) is 1. The molecule has 3 nitrogen and oxygen atoms in total. The number of hydrogen-bond acceptors (Lipinski definition) is 2. The average Bonchev–Trinajstić information content (AvgIpc) is 2.36. The van der Waals surface area contributed by atoms with Crippen molar-refractivity contribution in [1.29, 1.82) is 0 Å². The van der Waals surface area contributed by atoms with Crippen molar-refractivity contribution in [1.82, 2.24) is 5.32 Å². The van der Waals surface area contributed by atoms with Gasteiger partial charge in [0.05, 0.1) is 11.3 Å². The van der Waals surface area contributed by atoms with Crippen LogP contribution in [0.2, 0.25) is 0 Å². The lowest BCUT2D eigenvalue weighted by Gasteiger charge is -2.21. The van der Waals surface area contributed by atoms with Crippen molar-refractivity contribution in [2.75, 3.05) is 5.73 Å². The van der Waals surface area contributed by atoms with Crippen molar-refractivity contribution in [3.8, 4) is 0 Å². The molecule has 0 heterocycles. The number of nitrogen functional groups attached to an aromatic ring is 1. The third-order valence-corrected chi connectivity index (χ3v) is 3.77. The molecular formula is C15H20F2N2O. The highest BCUT2D eigenvalue weighted by Crippen LogP contribution is 2.19. The lowest BCUT2D eigenvalue weighted by molar-refractivity contribution is 0.0926. The molecule has 3 N–H and O–H groups in total. The summed E-state index contributed by atoms with van der Waals surface area (Å²) in [6, 6.07) is 1.78. The molecule has 1 aliphatic carbocycles. The lowest BCUT2D eigenvalue weighted by Crippen LogP contribution is -2.35. The zero-order chi connectivity index (χ0) is 14.5. The molecule has 1 fully saturated rings. The number of halogens is 2. The van der Waals surface area contributed by atoms with Crippen LogP contribution < -0.4 is 11.1 Å². The Kier molecular flexibility index (Phi) is 4.93. The minimum Gasteiger partial charge on any atom is -0.396 e. The van der Waals surface area contributed by atoms with Gasteiger partial charge in [-0.05, 0) is 18.9 Å². The summed E-state index contributed by atoms with van der Waals surface area (Å²) in [5.41, 5.74) is 4.98. The van der Waals surface area contributed by atoms with Gasteiger partial charge in [-0.1, -0.05) is 32.1 Å². The van der Waals surface area contributed by atoms with E-state index in [9.17, 15) is 13.6 Å². The summed E-state index contributed by atoms with van der Waals surface area (Å²) in [7, 11) is 0. The van der Waals surface area contributed by atoms with Gasteiger partial charge in [0.15, 0.2) is 0 Å². The minimum absolute atomic E-state index is 0.0634. The Bertz CT molecular complexity index is 483. The monoisotopic (exact) mass is 282 g/mol. The molecule has 1 aromatic rings. The predicted molar refractivity (Wildman–Crippen MR) is 74.3 cm³/mol. The van der Waals surface area contributed by atoms with Crippen LogP contribution in [-0.2, 0) is 0 Å². The quantitative estimate of drug-likeness (QED) is 0.817. The van der Waals surface area contributed by atoms with Crippen LogP contribution in [0.4, 0.5) is 14.5 Å². The molecule has 0 radical (unpaired) electrons. The topological polar surface area (TPSA) is 55.1 Å². The van der Waals surface area contributed by atoms with E-state index >= 15 is 0 Å². The van der Waals surface area contributed by atoms with Crippen molar-refractivity contribution >= 4 is 11.6 Å². The summed E-state index contributed by atoms with van der Waals surface area (Å²) >= 11 is 0. The molecule has 0 spiro atoms. The first kappa shape index (κ1) is 14.8. The Hall–Kier alpha value is -1.65. The Morgan fingerprint density at radius 1 is 1.05 bits per heavy atom. The molecule has 5 heteroatoms. The molecule has 110 valence electrons. The van der Waals surface area contributed by atoms with Gasteiger partial charge in [0.2, 0.25) is 0 Å². The van der Waals surface area contributed by atoms with Gasteiger partial charge in [0.1, 0.15) is 11.6 Å². The van der Waals surface area contributed by atoms with E-state index in [0.29, 0.717) is 6.07 Å². The van der Waals surface area contributed by atoms with Crippen LogP contribution in [0, 0.1) is 11.6 Å². The normalized spacial score (nSPS) is 17.3. The van der Waals surface area contributed by atoms with E-state index in [2.05, 4.69) is 5.32 Å². The van der Waals surface area contributed by atoms with E-state index in [-0.39, 0.29) is 17.3 Å². The fourth-order valence-corrected chi connectivity index (χ4v) is 2.60. The maximum Gasteiger partial charge on any atom is 0.254 e. The van der Waals surface area contributed by atoms with Crippen LogP contribution in [0.15, 0.2) is 12.1 Å². The van der Waals surface area contributed by atoms with Crippen LogP contribution in [0.3, 0.4) is 0 Å². The van der Waals surface area contributed by atoms with Gasteiger partial charge in [-0.15, -0.1) is 0 Å². The molecule has 0 aromatic heterocycles. The lowest BCUT2D eigenvalue weighted by atomic mass is 9.96. The summed E-state index contributed by atoms with van der Waals surface area (Å²) < 4.78 is 26.7. The Balaban J connectivity index is 2.05. The Morgan fingerprint density at radius 2 is 1.65 bits per heavy atom. The van der Waals surface area contributed by atoms with Crippen molar-refractivity contribution in [2.45, 2.75) is 51.0 Å². The molecule has 1 saturated carbocycles. The van der Waals surface area contributed by atoms with Crippen molar-refractivity contribution < 1.29 is 13.6 Å². The second-order valence-electron chi connectivity index (χ2n) is 5.37. The molecule has 1 aromatic carbocycles. The van der Waals surface area contributed by atoms with Gasteiger partial charge in [-0.2, -0.15) is 0 Å². The van der Waals surface area contributed by atoms with E-state index < -0.39 is 17.5 Å². The molecule has 20 heavy (non-hydrogen) atoms. The maximum atomic E-state index is 13.6. The summed E-state index contributed by atoms with van der Waals surface area (Å²) in [6.07, 6.45) is 7.53. The van der Waals surface area contributed by atoms with E-state index in [1.54, 1.807) is 0 Å². The number of rotatable bonds is 2. The third kappa shape index (κ3) is 3.68. The second-order valence-corrected chi connectivity index (χ2v) is 5.37. The summed E-state index contributed by atoms with van der Waals surface area (Å²) in [4.78, 5) is 12.1. The fraction of sp³-hybridized carbons (Fsp3) is 0.533. The van der Waals surface area contributed by atoms with Gasteiger partial charge in [0, 0.05) is 12.1 Å². The van der Waals surface area contributed by atoms with Crippen LogP contribution >= 0.6 is 0 Å². The molecule has 1 amide bonds. The minimum atomic E-state index is -0.875. The first-order valence-electron chi connectivity index (χ1n) is 7.13. The van der Waals surface area contributed by atoms with Crippen LogP contribution in [0.1, 0.15) is 55.3 Å². The smallest absolute Gasteiger partial charge is 0.254 e. The van der Waals surface area contributed by atoms with Crippen molar-refractivity contribution in [2.24, 2.45) is 0 Å². The van der Waals surface area contributed by atoms with Crippen molar-refractivity contribution in [3.63, 3.8) is 0 Å². The highest BCUT2D eigenvalue weighted by Gasteiger charge is 2.19. The van der Waals surface area contributed by atoms with Gasteiger partial charge in [0.25, 0.3) is 5.91 Å². The summed E-state index contributed by atoms with van der Waals surface area (Å²) in [6.45, 7) is 0. The average molecular weight is 282 g/mol. The standard InChI is InChI=1S/C15H20F2N2O/c16-12-9-13(17)14(18)8-11(12)15(20)19-10-6-4-2-1-3-5-7-10/h8-10H,1-7,18H2,(H,19,20). The first-order chi connectivity index (χ1) is 9.58. The number of benzene rings is 1. The van der Waals surface area contributed by atoms with E-state index in [0.717, 1.165) is 31.7 Å².